The number of hydrogen-bond acceptors (Lipinski definition) is 7. The van der Waals surface area contributed by atoms with Crippen LogP contribution in [0.5, 0.6) is 23.0 Å². The predicted octanol–water partition coefficient (Wildman–Crippen LogP) is 13.6. The minimum absolute atomic E-state index is 0.266. The molecule has 8 heteroatoms. The van der Waals surface area contributed by atoms with Gasteiger partial charge in [-0.3, -0.25) is 0 Å². The summed E-state index contributed by atoms with van der Waals surface area (Å²) in [4.78, 5) is 7.07. The third-order valence-electron chi connectivity index (χ3n) is 13.6. The molecule has 0 amide bonds. The van der Waals surface area contributed by atoms with Crippen LogP contribution in [0.2, 0.25) is 0 Å². The summed E-state index contributed by atoms with van der Waals surface area (Å²) < 4.78 is 12.2. The van der Waals surface area contributed by atoms with Crippen LogP contribution >= 0.6 is 11.6 Å². The van der Waals surface area contributed by atoms with Crippen LogP contribution in [0.1, 0.15) is 98.9 Å². The van der Waals surface area contributed by atoms with Gasteiger partial charge in [-0.15, -0.1) is 11.6 Å². The van der Waals surface area contributed by atoms with Crippen molar-refractivity contribution in [2.75, 3.05) is 78.0 Å². The van der Waals surface area contributed by atoms with Crippen molar-refractivity contribution >= 4 is 33.9 Å². The lowest BCUT2D eigenvalue weighted by molar-refractivity contribution is 0.222. The van der Waals surface area contributed by atoms with Crippen molar-refractivity contribution in [3.05, 3.63) is 190 Å². The number of ether oxygens (including phenoxy) is 2. The largest absolute Gasteiger partial charge is 0.508 e. The number of aromatic hydroxyl groups is 2. The van der Waals surface area contributed by atoms with Crippen LogP contribution in [0.4, 0.5) is 0 Å². The maximum Gasteiger partial charge on any atom is 0.119 e. The molecule has 0 saturated heterocycles. The molecule has 0 aliphatic heterocycles. The fourth-order valence-corrected chi connectivity index (χ4v) is 9.66. The molecule has 2 aliphatic carbocycles. The topological polar surface area (TPSA) is 68.6 Å². The second kappa shape index (κ2) is 28.1. The first kappa shape index (κ1) is 53.5. The van der Waals surface area contributed by atoms with E-state index < -0.39 is 0 Å². The molecule has 8 rings (SSSR count). The number of phenolic OH excluding ortho intramolecular Hbond substituents is 2. The summed E-state index contributed by atoms with van der Waals surface area (Å²) in [6.45, 7) is 23.9. The molecule has 0 bridgehead atoms. The standard InChI is InChI=1S/C34H44N2O2.C22H18O2.C6H14ClN/c1-5-35(6-2)22-24-37-30-17-14-28(15-18-30)34-32(27-12-10-9-11-13-27)20-16-29-26-31(19-21-33(29)34)38-25-23-36(7-3)8-4;23-18-9-6-16(7-10-18)22-20(15-4-2-1-3-5-15)12-8-17-14-19(24)11-13-21(17)22;1-3-8(4-2)6-5-7/h9-15,17-19,21,26H,5-8,16,20,22-25H2,1-4H3;1-7,9-11,13-14,23-24H,8,12H2;3-6H2,1-2H3. The Hall–Kier alpha value is -5.83. The number of alkyl halides is 1. The molecule has 0 fully saturated rings. The van der Waals surface area contributed by atoms with Crippen molar-refractivity contribution in [3.63, 3.8) is 0 Å². The van der Waals surface area contributed by atoms with Gasteiger partial charge in [-0.05, 0) is 180 Å². The number of benzene rings is 6. The number of hydrogen-bond donors (Lipinski definition) is 2. The highest BCUT2D eigenvalue weighted by molar-refractivity contribution is 6.18. The molecule has 0 atom stereocenters. The van der Waals surface area contributed by atoms with Gasteiger partial charge in [-0.25, -0.2) is 0 Å². The molecule has 370 valence electrons. The van der Waals surface area contributed by atoms with Crippen LogP contribution in [0.25, 0.3) is 22.3 Å². The monoisotopic (exact) mass is 962 g/mol. The average molecular weight is 963 g/mol. The summed E-state index contributed by atoms with van der Waals surface area (Å²) in [6.07, 6.45) is 3.87. The molecular formula is C62H76ClN3O4. The highest BCUT2D eigenvalue weighted by Gasteiger charge is 2.24. The van der Waals surface area contributed by atoms with Gasteiger partial charge in [0.15, 0.2) is 0 Å². The SMILES string of the molecule is CCN(CC)CCCl.CCN(CC)CCOc1ccc(C2=C(c3ccccc3)CCc3cc(OCCN(CC)CC)ccc32)cc1.Oc1ccc(C2=C(c3ccccc3)CCc3cc(O)ccc32)cc1. The van der Waals surface area contributed by atoms with E-state index >= 15 is 0 Å². The average Bonchev–Trinajstić information content (AvgIpc) is 3.41. The van der Waals surface area contributed by atoms with Gasteiger partial charge in [0.1, 0.15) is 36.2 Å². The minimum Gasteiger partial charge on any atom is -0.508 e. The molecule has 6 aromatic rings. The predicted molar refractivity (Wildman–Crippen MR) is 296 cm³/mol. The molecule has 0 aromatic heterocycles. The fourth-order valence-electron chi connectivity index (χ4n) is 9.42. The lowest BCUT2D eigenvalue weighted by Gasteiger charge is -2.25. The van der Waals surface area contributed by atoms with Crippen molar-refractivity contribution in [1.82, 2.24) is 14.7 Å². The molecule has 0 heterocycles. The number of aryl methyl sites for hydroxylation is 2. The summed E-state index contributed by atoms with van der Waals surface area (Å²) >= 11 is 5.51. The summed E-state index contributed by atoms with van der Waals surface area (Å²) in [7, 11) is 0. The summed E-state index contributed by atoms with van der Waals surface area (Å²) in [5.74, 6) is 3.22. The van der Waals surface area contributed by atoms with Crippen LogP contribution in [-0.4, -0.2) is 103 Å². The number of fused-ring (bicyclic) bond motifs is 2. The molecular weight excluding hydrogens is 886 g/mol. The zero-order valence-electron chi connectivity index (χ0n) is 42.6. The molecule has 2 N–H and O–H groups in total. The van der Waals surface area contributed by atoms with Crippen LogP contribution in [0.15, 0.2) is 146 Å². The van der Waals surface area contributed by atoms with Crippen molar-refractivity contribution in [2.24, 2.45) is 0 Å². The van der Waals surface area contributed by atoms with Gasteiger partial charge in [0.2, 0.25) is 0 Å². The van der Waals surface area contributed by atoms with E-state index in [2.05, 4.69) is 153 Å². The van der Waals surface area contributed by atoms with Crippen molar-refractivity contribution in [2.45, 2.75) is 67.2 Å². The third-order valence-corrected chi connectivity index (χ3v) is 13.7. The number of phenols is 2. The third kappa shape index (κ3) is 14.8. The van der Waals surface area contributed by atoms with Crippen LogP contribution in [0, 0.1) is 0 Å². The van der Waals surface area contributed by atoms with Crippen LogP contribution in [-0.2, 0) is 12.8 Å². The fraction of sp³-hybridized carbons (Fsp3) is 0.355. The Morgan fingerprint density at radius 3 is 1.27 bits per heavy atom. The first-order valence-corrected chi connectivity index (χ1v) is 26.2. The molecule has 0 radical (unpaired) electrons. The number of rotatable bonds is 20. The zero-order chi connectivity index (χ0) is 49.7. The van der Waals surface area contributed by atoms with E-state index in [1.807, 2.05) is 30.3 Å². The molecule has 6 aromatic carbocycles. The highest BCUT2D eigenvalue weighted by atomic mass is 35.5. The Morgan fingerprint density at radius 1 is 0.414 bits per heavy atom. The minimum atomic E-state index is 0.266. The maximum atomic E-state index is 9.82. The summed E-state index contributed by atoms with van der Waals surface area (Å²) in [5, 5.41) is 19.4. The number of nitrogens with zero attached hydrogens (tertiary/aromatic N) is 3. The van der Waals surface area contributed by atoms with E-state index in [0.29, 0.717) is 19.0 Å². The van der Waals surface area contributed by atoms with E-state index in [9.17, 15) is 10.2 Å². The Balaban J connectivity index is 0.000000212. The van der Waals surface area contributed by atoms with E-state index in [-0.39, 0.29) is 5.75 Å². The van der Waals surface area contributed by atoms with Gasteiger partial charge in [0, 0.05) is 25.5 Å². The highest BCUT2D eigenvalue weighted by Crippen LogP contribution is 2.43. The molecule has 0 unspecified atom stereocenters. The van der Waals surface area contributed by atoms with Crippen molar-refractivity contribution in [3.8, 4) is 23.0 Å². The molecule has 7 nitrogen and oxygen atoms in total. The normalized spacial score (nSPS) is 13.1. The Labute approximate surface area is 424 Å². The maximum absolute atomic E-state index is 9.82. The molecule has 70 heavy (non-hydrogen) atoms. The van der Waals surface area contributed by atoms with Gasteiger partial charge < -0.3 is 34.4 Å². The first-order chi connectivity index (χ1) is 34.2. The first-order valence-electron chi connectivity index (χ1n) is 25.6. The lowest BCUT2D eigenvalue weighted by Crippen LogP contribution is -2.27. The van der Waals surface area contributed by atoms with Crippen LogP contribution in [0.3, 0.4) is 0 Å². The van der Waals surface area contributed by atoms with Crippen molar-refractivity contribution in [1.29, 1.82) is 0 Å². The zero-order valence-corrected chi connectivity index (χ0v) is 43.4. The molecule has 2 aliphatic rings. The smallest absolute Gasteiger partial charge is 0.119 e. The van der Waals surface area contributed by atoms with E-state index in [1.165, 1.54) is 50.1 Å². The van der Waals surface area contributed by atoms with Gasteiger partial charge in [0.25, 0.3) is 0 Å². The Morgan fingerprint density at radius 2 is 0.814 bits per heavy atom. The second-order valence-electron chi connectivity index (χ2n) is 17.6. The van der Waals surface area contributed by atoms with E-state index in [4.69, 9.17) is 21.1 Å². The van der Waals surface area contributed by atoms with Crippen LogP contribution < -0.4 is 9.47 Å². The lowest BCUT2D eigenvalue weighted by atomic mass is 9.79. The number of halogens is 1. The van der Waals surface area contributed by atoms with Gasteiger partial charge in [-0.1, -0.05) is 139 Å². The van der Waals surface area contributed by atoms with Gasteiger partial charge >= 0.3 is 0 Å². The quantitative estimate of drug-likeness (QED) is 0.0739. The summed E-state index contributed by atoms with van der Waals surface area (Å²) in [5.41, 5.74) is 15.0. The Bertz CT molecular complexity index is 2550. The number of allylic oxidation sites excluding steroid dienone is 2. The number of likely N-dealkylation sites (N-methyl/N-ethyl adjacent to an activating group) is 2. The molecule has 0 saturated carbocycles. The van der Waals surface area contributed by atoms with Gasteiger partial charge in [-0.2, -0.15) is 0 Å². The molecule has 0 spiro atoms. The van der Waals surface area contributed by atoms with Crippen molar-refractivity contribution < 1.29 is 19.7 Å². The van der Waals surface area contributed by atoms with Gasteiger partial charge in [0.05, 0.1) is 0 Å². The van der Waals surface area contributed by atoms with E-state index in [1.54, 1.807) is 18.2 Å². The summed E-state index contributed by atoms with van der Waals surface area (Å²) in [6, 6.07) is 49.5. The Kier molecular flexibility index (Phi) is 21.5. The second-order valence-corrected chi connectivity index (χ2v) is 18.0. The van der Waals surface area contributed by atoms with E-state index in [0.717, 1.165) is 119 Å².